The molecule has 1 fully saturated rings. The van der Waals surface area contributed by atoms with E-state index in [0.29, 0.717) is 12.1 Å². The zero-order chi connectivity index (χ0) is 22.0. The van der Waals surface area contributed by atoms with Crippen LogP contribution >= 0.6 is 0 Å². The average molecular weight is 441 g/mol. The summed E-state index contributed by atoms with van der Waals surface area (Å²) in [7, 11) is -1.86. The monoisotopic (exact) mass is 440 g/mol. The molecule has 1 saturated heterocycles. The van der Waals surface area contributed by atoms with E-state index in [1.807, 2.05) is 12.1 Å². The zero-order valence-electron chi connectivity index (χ0n) is 17.9. The first-order chi connectivity index (χ1) is 14.9. The number of hydrogen-bond acceptors (Lipinski definition) is 5. The highest BCUT2D eigenvalue weighted by Crippen LogP contribution is 2.26. The number of carbonyl (C=O) groups excluding carboxylic acids is 1. The van der Waals surface area contributed by atoms with E-state index in [-0.39, 0.29) is 16.6 Å². The van der Waals surface area contributed by atoms with E-state index in [1.54, 1.807) is 37.1 Å². The number of para-hydroxylation sites is 1. The number of rotatable bonds is 5. The van der Waals surface area contributed by atoms with Crippen LogP contribution < -0.4 is 9.62 Å². The number of sulfonamides is 1. The molecule has 164 valence electrons. The molecule has 2 aromatic carbocycles. The first-order valence-corrected chi connectivity index (χ1v) is 12.1. The largest absolute Gasteiger partial charge is 0.371 e. The molecule has 2 heterocycles. The second kappa shape index (κ2) is 8.70. The van der Waals surface area contributed by atoms with Crippen LogP contribution in [0.4, 0.5) is 5.69 Å². The molecule has 1 unspecified atom stereocenters. The van der Waals surface area contributed by atoms with Crippen LogP contribution in [0.5, 0.6) is 0 Å². The molecule has 0 bridgehead atoms. The summed E-state index contributed by atoms with van der Waals surface area (Å²) in [6.45, 7) is 4.25. The Labute approximate surface area is 183 Å². The van der Waals surface area contributed by atoms with Gasteiger partial charge in [0.1, 0.15) is 11.9 Å². The van der Waals surface area contributed by atoms with Crippen LogP contribution in [0, 0.1) is 0 Å². The van der Waals surface area contributed by atoms with Gasteiger partial charge in [-0.15, -0.1) is 0 Å². The Morgan fingerprint density at radius 3 is 2.55 bits per heavy atom. The van der Waals surface area contributed by atoms with Crippen molar-refractivity contribution in [2.75, 3.05) is 25.0 Å². The van der Waals surface area contributed by atoms with Crippen molar-refractivity contribution >= 4 is 27.5 Å². The van der Waals surface area contributed by atoms with Crippen molar-refractivity contribution in [2.24, 2.45) is 4.99 Å². The molecule has 31 heavy (non-hydrogen) atoms. The maximum Gasteiger partial charge on any atom is 0.263 e. The number of benzene rings is 2. The summed E-state index contributed by atoms with van der Waals surface area (Å²) in [5, 5.41) is 0. The van der Waals surface area contributed by atoms with Crippen molar-refractivity contribution in [3.63, 3.8) is 0 Å². The zero-order valence-corrected chi connectivity index (χ0v) is 18.7. The molecule has 4 rings (SSSR count). The molecule has 1 amide bonds. The number of amides is 1. The highest BCUT2D eigenvalue weighted by molar-refractivity contribution is 7.90. The molecule has 0 radical (unpaired) electrons. The normalized spacial score (nSPS) is 19.5. The quantitative estimate of drug-likeness (QED) is 0.775. The summed E-state index contributed by atoms with van der Waals surface area (Å²) in [5.74, 6) is 0.0584. The fourth-order valence-corrected chi connectivity index (χ4v) is 5.46. The number of nitrogens with one attached hydrogen (secondary N) is 1. The summed E-state index contributed by atoms with van der Waals surface area (Å²) in [6.07, 6.45) is 3.64. The molecular weight excluding hydrogens is 412 g/mol. The van der Waals surface area contributed by atoms with Gasteiger partial charge in [-0.1, -0.05) is 30.3 Å². The highest BCUT2D eigenvalue weighted by Gasteiger charge is 2.31. The van der Waals surface area contributed by atoms with Gasteiger partial charge >= 0.3 is 0 Å². The van der Waals surface area contributed by atoms with Crippen molar-refractivity contribution in [1.29, 1.82) is 0 Å². The van der Waals surface area contributed by atoms with Gasteiger partial charge in [0.2, 0.25) is 5.91 Å². The van der Waals surface area contributed by atoms with Crippen LogP contribution in [-0.2, 0) is 21.4 Å². The van der Waals surface area contributed by atoms with E-state index in [4.69, 9.17) is 0 Å². The van der Waals surface area contributed by atoms with Crippen LogP contribution in [0.2, 0.25) is 0 Å². The average Bonchev–Trinajstić information content (AvgIpc) is 3.04. The smallest absolute Gasteiger partial charge is 0.263 e. The number of fused-ring (bicyclic) bond motifs is 1. The van der Waals surface area contributed by atoms with Gasteiger partial charge in [-0.05, 0) is 49.9 Å². The summed E-state index contributed by atoms with van der Waals surface area (Å²) >= 11 is 0. The Morgan fingerprint density at radius 1 is 1.10 bits per heavy atom. The molecule has 2 aliphatic heterocycles. The van der Waals surface area contributed by atoms with E-state index in [9.17, 15) is 13.2 Å². The predicted molar refractivity (Wildman–Crippen MR) is 122 cm³/mol. The van der Waals surface area contributed by atoms with Gasteiger partial charge in [0, 0.05) is 37.9 Å². The van der Waals surface area contributed by atoms with E-state index >= 15 is 0 Å². The lowest BCUT2D eigenvalue weighted by Crippen LogP contribution is -2.36. The Hall–Kier alpha value is -2.87. The second-order valence-electron chi connectivity index (χ2n) is 8.13. The number of likely N-dealkylation sites (N-methyl/N-ethyl adjacent to an activating group) is 1. The lowest BCUT2D eigenvalue weighted by molar-refractivity contribution is -0.131. The summed E-state index contributed by atoms with van der Waals surface area (Å²) < 4.78 is 27.0. The fraction of sp³-hybridized carbons (Fsp3) is 0.391. The third-order valence-corrected chi connectivity index (χ3v) is 7.21. The van der Waals surface area contributed by atoms with Crippen molar-refractivity contribution in [3.8, 4) is 0 Å². The Morgan fingerprint density at radius 2 is 1.77 bits per heavy atom. The summed E-state index contributed by atoms with van der Waals surface area (Å²) in [4.78, 5) is 21.7. The summed E-state index contributed by atoms with van der Waals surface area (Å²) in [5.41, 5.74) is 2.78. The minimum atomic E-state index is -3.62. The van der Waals surface area contributed by atoms with E-state index in [0.717, 1.165) is 18.7 Å². The first kappa shape index (κ1) is 21.4. The molecule has 7 nitrogen and oxygen atoms in total. The number of aliphatic imine (C=N–C) groups is 1. The van der Waals surface area contributed by atoms with E-state index in [1.165, 1.54) is 31.0 Å². The number of piperidine rings is 1. The van der Waals surface area contributed by atoms with Gasteiger partial charge in [-0.2, -0.15) is 0 Å². The van der Waals surface area contributed by atoms with Crippen molar-refractivity contribution in [3.05, 3.63) is 59.7 Å². The Bertz CT molecular complexity index is 1110. The van der Waals surface area contributed by atoms with Crippen molar-refractivity contribution in [1.82, 2.24) is 9.62 Å². The molecule has 2 aliphatic rings. The van der Waals surface area contributed by atoms with Gasteiger partial charge in [0.15, 0.2) is 0 Å². The van der Waals surface area contributed by atoms with Crippen LogP contribution in [0.1, 0.15) is 37.3 Å². The predicted octanol–water partition coefficient (Wildman–Crippen LogP) is 2.76. The molecule has 2 aromatic rings. The Balaban J connectivity index is 1.50. The van der Waals surface area contributed by atoms with Crippen LogP contribution in [0.3, 0.4) is 0 Å². The summed E-state index contributed by atoms with van der Waals surface area (Å²) in [6, 6.07) is 14.2. The molecule has 8 heteroatoms. The maximum absolute atomic E-state index is 13.0. The van der Waals surface area contributed by atoms with Crippen LogP contribution in [0.25, 0.3) is 0 Å². The number of carbonyl (C=O) groups is 1. The van der Waals surface area contributed by atoms with E-state index < -0.39 is 16.1 Å². The van der Waals surface area contributed by atoms with E-state index in [2.05, 4.69) is 26.7 Å². The van der Waals surface area contributed by atoms with Gasteiger partial charge in [-0.25, -0.2) is 8.42 Å². The third kappa shape index (κ3) is 4.44. The van der Waals surface area contributed by atoms with Crippen molar-refractivity contribution in [2.45, 2.75) is 43.7 Å². The molecule has 1 atom stereocenters. The van der Waals surface area contributed by atoms with Gasteiger partial charge in [-0.3, -0.25) is 14.5 Å². The van der Waals surface area contributed by atoms with Gasteiger partial charge in [0.05, 0.1) is 4.90 Å². The molecule has 0 saturated carbocycles. The lowest BCUT2D eigenvalue weighted by atomic mass is 10.1. The molecular formula is C23H28N4O3S. The molecule has 0 spiro atoms. The number of nitrogens with zero attached hydrogens (tertiary/aromatic N) is 3. The molecule has 0 aromatic heterocycles. The van der Waals surface area contributed by atoms with Crippen LogP contribution in [-0.4, -0.2) is 51.2 Å². The highest BCUT2D eigenvalue weighted by atomic mass is 32.2. The fourth-order valence-electron chi connectivity index (χ4n) is 4.22. The minimum absolute atomic E-state index is 0.162. The maximum atomic E-state index is 13.0. The first-order valence-electron chi connectivity index (χ1n) is 10.6. The molecule has 0 aliphatic carbocycles. The lowest BCUT2D eigenvalue weighted by Gasteiger charge is -2.31. The molecule has 1 N–H and O–H groups in total. The minimum Gasteiger partial charge on any atom is -0.371 e. The third-order valence-electron chi connectivity index (χ3n) is 5.81. The SMILES string of the molecule is CC(N=C1NS(=O)(=O)c2ccccc21)C(=O)N(C)Cc1ccccc1N1CCCCC1. The number of anilines is 1. The number of hydrogen-bond donors (Lipinski definition) is 1. The second-order valence-corrected chi connectivity index (χ2v) is 9.78. The Kier molecular flexibility index (Phi) is 6.00. The van der Waals surface area contributed by atoms with Gasteiger partial charge < -0.3 is 9.80 Å². The topological polar surface area (TPSA) is 82.1 Å². The van der Waals surface area contributed by atoms with Crippen molar-refractivity contribution < 1.29 is 13.2 Å². The van der Waals surface area contributed by atoms with Crippen LogP contribution in [0.15, 0.2) is 58.4 Å². The standard InChI is InChI=1S/C23H28N4O3S/c1-17(24-22-19-11-5-7-13-21(19)31(29,30)25-22)23(28)26(2)16-18-10-4-6-12-20(18)27-14-8-3-9-15-27/h4-7,10-13,17H,3,8-9,14-16H2,1-2H3,(H,24,25). The number of amidine groups is 1. The van der Waals surface area contributed by atoms with Gasteiger partial charge in [0.25, 0.3) is 10.0 Å².